The van der Waals surface area contributed by atoms with E-state index in [0.29, 0.717) is 26.2 Å². The highest BCUT2D eigenvalue weighted by Crippen LogP contribution is 2.41. The minimum absolute atomic E-state index is 0.0250. The molecule has 0 radical (unpaired) electrons. The fourth-order valence-corrected chi connectivity index (χ4v) is 4.30. The number of benzene rings is 2. The van der Waals surface area contributed by atoms with Crippen molar-refractivity contribution in [3.8, 4) is 5.75 Å². The Labute approximate surface area is 229 Å². The first kappa shape index (κ1) is 29.2. The summed E-state index contributed by atoms with van der Waals surface area (Å²) in [6.07, 6.45) is -8.47. The molecule has 0 bridgehead atoms. The van der Waals surface area contributed by atoms with Crippen LogP contribution in [0.1, 0.15) is 21.6 Å². The first-order chi connectivity index (χ1) is 18.8. The van der Waals surface area contributed by atoms with Crippen molar-refractivity contribution in [1.82, 2.24) is 14.9 Å². The van der Waals surface area contributed by atoms with E-state index in [1.807, 2.05) is 11.9 Å². The number of nitrogens with one attached hydrogen (secondary N) is 2. The van der Waals surface area contributed by atoms with Gasteiger partial charge >= 0.3 is 12.4 Å². The molecule has 2 aromatic carbocycles. The lowest BCUT2D eigenvalue weighted by Crippen LogP contribution is -2.45. The zero-order chi connectivity index (χ0) is 29.2. The van der Waals surface area contributed by atoms with Crippen LogP contribution in [0, 0.1) is 0 Å². The summed E-state index contributed by atoms with van der Waals surface area (Å²) in [5.41, 5.74) is -3.19. The van der Waals surface area contributed by atoms with E-state index in [9.17, 15) is 31.1 Å². The molecule has 1 aliphatic rings. The highest BCUT2D eigenvalue weighted by atomic mass is 35.5. The summed E-state index contributed by atoms with van der Waals surface area (Å²) in [5.74, 6) is -1.68. The van der Waals surface area contributed by atoms with Crippen molar-refractivity contribution < 1.29 is 35.9 Å². The third-order valence-corrected chi connectivity index (χ3v) is 6.43. The third-order valence-electron chi connectivity index (χ3n) is 6.15. The number of nitrogens with zero attached hydrogens (tertiary/aromatic N) is 4. The Morgan fingerprint density at radius 1 is 1.00 bits per heavy atom. The number of hydrogen-bond donors (Lipinski definition) is 2. The van der Waals surface area contributed by atoms with E-state index in [0.717, 1.165) is 31.5 Å². The smallest absolute Gasteiger partial charge is 0.418 e. The van der Waals surface area contributed by atoms with Gasteiger partial charge in [-0.1, -0.05) is 17.7 Å². The minimum Gasteiger partial charge on any atom is -0.495 e. The Balaban J connectivity index is 1.62. The minimum atomic E-state index is -4.81. The van der Waals surface area contributed by atoms with E-state index in [1.54, 1.807) is 4.90 Å². The lowest BCUT2D eigenvalue weighted by molar-refractivity contribution is -0.137. The molecule has 0 unspecified atom stereocenters. The van der Waals surface area contributed by atoms with E-state index in [-0.39, 0.29) is 28.1 Å². The number of hydrogen-bond acceptors (Lipinski definition) is 7. The van der Waals surface area contributed by atoms with Crippen molar-refractivity contribution in [3.63, 3.8) is 0 Å². The second-order valence-electron chi connectivity index (χ2n) is 8.87. The normalized spacial score (nSPS) is 14.7. The van der Waals surface area contributed by atoms with Gasteiger partial charge < -0.3 is 25.2 Å². The van der Waals surface area contributed by atoms with Crippen LogP contribution in [0.3, 0.4) is 0 Å². The summed E-state index contributed by atoms with van der Waals surface area (Å²) in [6.45, 7) is 2.07. The van der Waals surface area contributed by atoms with Crippen LogP contribution in [-0.4, -0.2) is 61.1 Å². The highest BCUT2D eigenvalue weighted by Gasteiger charge is 2.37. The van der Waals surface area contributed by atoms with Crippen LogP contribution >= 0.6 is 11.6 Å². The van der Waals surface area contributed by atoms with E-state index in [1.165, 1.54) is 18.2 Å². The fraction of sp³-hybridized carbons (Fsp3) is 0.320. The molecule has 214 valence electrons. The molecule has 0 spiro atoms. The molecule has 2 heterocycles. The monoisotopic (exact) mass is 588 g/mol. The molecule has 3 aromatic rings. The van der Waals surface area contributed by atoms with Gasteiger partial charge in [0.25, 0.3) is 5.91 Å². The number of carbonyl (C=O) groups excluding carboxylic acids is 1. The Hall–Kier alpha value is -3.78. The molecular formula is C25H23ClF6N6O2. The zero-order valence-corrected chi connectivity index (χ0v) is 21.9. The molecular weight excluding hydrogens is 566 g/mol. The SMILES string of the molecule is COc1cccc(C(F)(F)F)c1NC(=O)c1nc(Nc2ccc(N3CCN(C)CC3)c(C(F)(F)F)c2)ncc1Cl. The molecule has 1 amide bonds. The maximum Gasteiger partial charge on any atom is 0.418 e. The number of carbonyl (C=O) groups is 1. The third kappa shape index (κ3) is 6.50. The molecule has 0 aliphatic carbocycles. The summed E-state index contributed by atoms with van der Waals surface area (Å²) in [6, 6.07) is 6.74. The maximum atomic E-state index is 14.0. The summed E-state index contributed by atoms with van der Waals surface area (Å²) >= 11 is 6.04. The average molecular weight is 589 g/mol. The maximum absolute atomic E-state index is 14.0. The molecule has 40 heavy (non-hydrogen) atoms. The van der Waals surface area contributed by atoms with Gasteiger partial charge in [-0.05, 0) is 37.4 Å². The van der Waals surface area contributed by atoms with Gasteiger partial charge in [0.2, 0.25) is 5.95 Å². The second kappa shape index (κ2) is 11.4. The number of methoxy groups -OCH3 is 1. The number of aromatic nitrogens is 2. The Kier molecular flexibility index (Phi) is 8.30. The molecule has 4 rings (SSSR count). The quantitative estimate of drug-likeness (QED) is 0.346. The van der Waals surface area contributed by atoms with Gasteiger partial charge in [-0.15, -0.1) is 0 Å². The number of para-hydroxylation sites is 1. The number of amides is 1. The Bertz CT molecular complexity index is 1390. The van der Waals surface area contributed by atoms with Crippen molar-refractivity contribution in [2.75, 3.05) is 55.9 Å². The number of halogens is 7. The molecule has 0 atom stereocenters. The zero-order valence-electron chi connectivity index (χ0n) is 21.1. The summed E-state index contributed by atoms with van der Waals surface area (Å²) in [4.78, 5) is 24.4. The predicted molar refractivity (Wildman–Crippen MR) is 137 cm³/mol. The van der Waals surface area contributed by atoms with Gasteiger partial charge in [0.05, 0.1) is 35.1 Å². The van der Waals surface area contributed by atoms with E-state index in [4.69, 9.17) is 16.3 Å². The van der Waals surface area contributed by atoms with Crippen molar-refractivity contribution in [3.05, 3.63) is 64.4 Å². The number of rotatable bonds is 6. The standard InChI is InChI=1S/C25H23ClF6N6O2/c1-37-8-10-38(11-9-37)18-7-6-14(12-16(18)25(30,31)32)34-23-33-13-17(26)21(36-23)22(39)35-20-15(24(27,28)29)4-3-5-19(20)40-2/h3-7,12-13H,8-11H2,1-2H3,(H,35,39)(H,33,34,36). The Morgan fingerprint density at radius 3 is 2.30 bits per heavy atom. The topological polar surface area (TPSA) is 82.6 Å². The van der Waals surface area contributed by atoms with Crippen LogP contribution in [0.4, 0.5) is 49.4 Å². The van der Waals surface area contributed by atoms with Crippen LogP contribution in [0.2, 0.25) is 5.02 Å². The summed E-state index contributed by atoms with van der Waals surface area (Å²) in [7, 11) is 3.02. The van der Waals surface area contributed by atoms with Crippen molar-refractivity contribution in [1.29, 1.82) is 0 Å². The van der Waals surface area contributed by atoms with Crippen molar-refractivity contribution in [2.45, 2.75) is 12.4 Å². The number of piperazine rings is 1. The van der Waals surface area contributed by atoms with Crippen LogP contribution in [0.5, 0.6) is 5.75 Å². The van der Waals surface area contributed by atoms with Crippen LogP contribution < -0.4 is 20.3 Å². The first-order valence-corrected chi connectivity index (χ1v) is 12.2. The van der Waals surface area contributed by atoms with Gasteiger partial charge in [0.1, 0.15) is 5.75 Å². The first-order valence-electron chi connectivity index (χ1n) is 11.8. The number of anilines is 4. The molecule has 8 nitrogen and oxygen atoms in total. The van der Waals surface area contributed by atoms with E-state index >= 15 is 0 Å². The van der Waals surface area contributed by atoms with E-state index in [2.05, 4.69) is 20.6 Å². The molecule has 1 aromatic heterocycles. The largest absolute Gasteiger partial charge is 0.495 e. The van der Waals surface area contributed by atoms with Gasteiger partial charge in [-0.2, -0.15) is 26.3 Å². The molecule has 1 saturated heterocycles. The van der Waals surface area contributed by atoms with Gasteiger partial charge in [-0.3, -0.25) is 4.79 Å². The molecule has 0 saturated carbocycles. The molecule has 2 N–H and O–H groups in total. The lowest BCUT2D eigenvalue weighted by Gasteiger charge is -2.35. The average Bonchev–Trinajstić information content (AvgIpc) is 2.89. The number of likely N-dealkylation sites (N-methyl/N-ethyl adjacent to an activating group) is 1. The van der Waals surface area contributed by atoms with Crippen molar-refractivity contribution >= 4 is 40.5 Å². The van der Waals surface area contributed by atoms with Crippen LogP contribution in [-0.2, 0) is 12.4 Å². The van der Waals surface area contributed by atoms with Gasteiger partial charge in [-0.25, -0.2) is 9.97 Å². The van der Waals surface area contributed by atoms with Gasteiger partial charge in [0.15, 0.2) is 5.69 Å². The van der Waals surface area contributed by atoms with Crippen LogP contribution in [0.15, 0.2) is 42.6 Å². The number of alkyl halides is 6. The molecule has 15 heteroatoms. The van der Waals surface area contributed by atoms with E-state index < -0.39 is 40.8 Å². The van der Waals surface area contributed by atoms with Crippen molar-refractivity contribution in [2.24, 2.45) is 0 Å². The Morgan fingerprint density at radius 2 is 1.68 bits per heavy atom. The molecule has 1 fully saturated rings. The molecule has 1 aliphatic heterocycles. The predicted octanol–water partition coefficient (Wildman–Crippen LogP) is 5.92. The van der Waals surface area contributed by atoms with Crippen LogP contribution in [0.25, 0.3) is 0 Å². The highest BCUT2D eigenvalue weighted by molar-refractivity contribution is 6.34. The summed E-state index contributed by atoms with van der Waals surface area (Å²) < 4.78 is 87.4. The summed E-state index contributed by atoms with van der Waals surface area (Å²) in [5, 5.41) is 4.42. The number of ether oxygens (including phenoxy) is 1. The second-order valence-corrected chi connectivity index (χ2v) is 9.28. The fourth-order valence-electron chi connectivity index (χ4n) is 4.12. The lowest BCUT2D eigenvalue weighted by atomic mass is 10.1. The van der Waals surface area contributed by atoms with Gasteiger partial charge in [0, 0.05) is 37.6 Å².